The summed E-state index contributed by atoms with van der Waals surface area (Å²) < 4.78 is 53.1. The van der Waals surface area contributed by atoms with Crippen molar-refractivity contribution in [3.05, 3.63) is 243 Å². The Kier molecular flexibility index (Phi) is 11.5. The average molecular weight is 994 g/mol. The van der Waals surface area contributed by atoms with Gasteiger partial charge in [0.05, 0.1) is 45.6 Å². The van der Waals surface area contributed by atoms with Crippen molar-refractivity contribution in [1.29, 1.82) is 0 Å². The molecular weight excluding hydrogens is 940 g/mol. The van der Waals surface area contributed by atoms with Crippen LogP contribution in [0.1, 0.15) is 50.1 Å². The summed E-state index contributed by atoms with van der Waals surface area (Å²) in [5.74, 6) is 0. The largest absolute Gasteiger partial charge is 0.416 e. The van der Waals surface area contributed by atoms with Crippen LogP contribution in [0.25, 0.3) is 115 Å². The second-order valence-corrected chi connectivity index (χ2v) is 20.9. The fourth-order valence-corrected chi connectivity index (χ4v) is 11.9. The number of alkyl halides is 3. The molecule has 0 unspecified atom stereocenters. The van der Waals surface area contributed by atoms with Gasteiger partial charge >= 0.3 is 6.18 Å². The molecule has 3 nitrogen and oxygen atoms in total. The van der Waals surface area contributed by atoms with Crippen molar-refractivity contribution in [1.82, 2.24) is 9.13 Å². The van der Waals surface area contributed by atoms with E-state index in [-0.39, 0.29) is 0 Å². The number of aromatic nitrogens is 2. The lowest BCUT2D eigenvalue weighted by Gasteiger charge is -2.23. The van der Waals surface area contributed by atoms with Gasteiger partial charge in [0, 0.05) is 27.1 Å². The molecule has 0 aliphatic rings. The van der Waals surface area contributed by atoms with E-state index in [1.54, 1.807) is 6.07 Å². The normalized spacial score (nSPS) is 11.9. The van der Waals surface area contributed by atoms with Crippen LogP contribution < -0.4 is 0 Å². The van der Waals surface area contributed by atoms with Gasteiger partial charge in [-0.25, -0.2) is 4.85 Å². The van der Waals surface area contributed by atoms with E-state index in [2.05, 4.69) is 215 Å². The summed E-state index contributed by atoms with van der Waals surface area (Å²) >= 11 is 0. The first-order valence-electron chi connectivity index (χ1n) is 25.7. The maximum atomic E-state index is 16.3. The zero-order valence-corrected chi connectivity index (χ0v) is 43.8. The Morgan fingerprint density at radius 2 is 0.684 bits per heavy atom. The molecule has 0 fully saturated rings. The summed E-state index contributed by atoms with van der Waals surface area (Å²) in [6.45, 7) is 24.9. The van der Waals surface area contributed by atoms with Crippen LogP contribution in [-0.4, -0.2) is 9.13 Å². The number of aryl methyl sites for hydroxylation is 8. The first-order chi connectivity index (χ1) is 36.5. The fraction of sp³-hybridized carbons (Fsp3) is 0.129. The molecule has 0 amide bonds. The number of hydrogen-bond acceptors (Lipinski definition) is 0. The first-order valence-corrected chi connectivity index (χ1v) is 25.7. The Balaban J connectivity index is 1.28. The standard InChI is InChI=1S/C70H54F3N3/c1-40-13-21-55(44(5)29-40)48-17-25-59-60-26-18-49(56-22-14-41(2)30-45(56)6)35-64(60)75(63(59)34-48)67-38-53(70(71,72)73)39-68(69(67)52-11-10-12-54(33-52)74-9)76-65-36-50(57-23-15-42(3)31-46(57)7)19-27-61(65)62-28-20-51(37-66(62)76)58-24-16-43(4)32-47(58)8/h10-39H,1-8H3. The number of halogens is 3. The second kappa shape index (κ2) is 18.2. The van der Waals surface area contributed by atoms with Crippen molar-refractivity contribution in [3.8, 4) is 67.0 Å². The Bertz CT molecular complexity index is 3980. The molecule has 12 aromatic rings. The van der Waals surface area contributed by atoms with Gasteiger partial charge in [-0.1, -0.05) is 162 Å². The Morgan fingerprint density at radius 1 is 0.355 bits per heavy atom. The molecule has 0 bridgehead atoms. The third-order valence-corrected chi connectivity index (χ3v) is 15.5. The van der Waals surface area contributed by atoms with Gasteiger partial charge in [0.25, 0.3) is 0 Å². The summed E-state index contributed by atoms with van der Waals surface area (Å²) in [5.41, 5.74) is 21.4. The average Bonchev–Trinajstić information content (AvgIpc) is 4.00. The van der Waals surface area contributed by atoms with Crippen LogP contribution in [0.5, 0.6) is 0 Å². The topological polar surface area (TPSA) is 14.2 Å². The lowest BCUT2D eigenvalue weighted by atomic mass is 9.96. The van der Waals surface area contributed by atoms with Crippen molar-refractivity contribution in [3.63, 3.8) is 0 Å². The Hall–Kier alpha value is -8.92. The molecule has 0 aliphatic carbocycles. The van der Waals surface area contributed by atoms with Crippen LogP contribution in [0, 0.1) is 62.0 Å². The van der Waals surface area contributed by atoms with Crippen LogP contribution in [0.4, 0.5) is 18.9 Å². The predicted octanol–water partition coefficient (Wildman–Crippen LogP) is 20.3. The summed E-state index contributed by atoms with van der Waals surface area (Å²) in [4.78, 5) is 3.89. The molecular formula is C70H54F3N3. The van der Waals surface area contributed by atoms with E-state index < -0.39 is 11.7 Å². The quantitative estimate of drug-likeness (QED) is 0.141. The Labute approximate surface area is 441 Å². The molecule has 76 heavy (non-hydrogen) atoms. The van der Waals surface area contributed by atoms with Crippen LogP contribution in [0.2, 0.25) is 0 Å². The molecule has 0 atom stereocenters. The van der Waals surface area contributed by atoms with Crippen molar-refractivity contribution >= 4 is 49.3 Å². The van der Waals surface area contributed by atoms with E-state index in [0.29, 0.717) is 28.2 Å². The van der Waals surface area contributed by atoms with Gasteiger partial charge in [0.1, 0.15) is 0 Å². The smallest absolute Gasteiger partial charge is 0.308 e. The number of nitrogens with zero attached hydrogens (tertiary/aromatic N) is 3. The molecule has 2 aromatic heterocycles. The number of rotatable bonds is 7. The highest BCUT2D eigenvalue weighted by Gasteiger charge is 2.35. The molecule has 6 heteroatoms. The monoisotopic (exact) mass is 993 g/mol. The maximum Gasteiger partial charge on any atom is 0.416 e. The predicted molar refractivity (Wildman–Crippen MR) is 311 cm³/mol. The molecule has 12 rings (SSSR count). The van der Waals surface area contributed by atoms with Crippen LogP contribution in [-0.2, 0) is 6.18 Å². The molecule has 0 saturated carbocycles. The first kappa shape index (κ1) is 48.0. The van der Waals surface area contributed by atoms with Crippen molar-refractivity contribution in [2.75, 3.05) is 0 Å². The van der Waals surface area contributed by atoms with Gasteiger partial charge in [-0.3, -0.25) is 0 Å². The number of hydrogen-bond donors (Lipinski definition) is 0. The third kappa shape index (κ3) is 8.15. The van der Waals surface area contributed by atoms with Gasteiger partial charge in [-0.2, -0.15) is 13.2 Å². The van der Waals surface area contributed by atoms with Crippen LogP contribution in [0.3, 0.4) is 0 Å². The summed E-state index contributed by atoms with van der Waals surface area (Å²) in [6.07, 6.45) is -4.76. The number of benzene rings is 10. The summed E-state index contributed by atoms with van der Waals surface area (Å²) in [7, 11) is 0. The number of fused-ring (bicyclic) bond motifs is 6. The molecule has 0 N–H and O–H groups in total. The maximum absolute atomic E-state index is 16.3. The highest BCUT2D eigenvalue weighted by molar-refractivity contribution is 6.14. The minimum atomic E-state index is -4.76. The van der Waals surface area contributed by atoms with E-state index in [1.807, 2.05) is 18.2 Å². The van der Waals surface area contributed by atoms with Gasteiger partial charge in [-0.05, 0) is 170 Å². The second-order valence-electron chi connectivity index (χ2n) is 20.9. The lowest BCUT2D eigenvalue weighted by Crippen LogP contribution is -2.11. The molecule has 2 heterocycles. The molecule has 10 aromatic carbocycles. The Morgan fingerprint density at radius 3 is 0.974 bits per heavy atom. The fourth-order valence-electron chi connectivity index (χ4n) is 11.9. The van der Waals surface area contributed by atoms with E-state index in [0.717, 1.165) is 133 Å². The summed E-state index contributed by atoms with van der Waals surface area (Å²) in [6, 6.07) is 61.0. The van der Waals surface area contributed by atoms with Gasteiger partial charge in [0.2, 0.25) is 0 Å². The minimum Gasteiger partial charge on any atom is -0.308 e. The van der Waals surface area contributed by atoms with Gasteiger partial charge in [-0.15, -0.1) is 0 Å². The zero-order chi connectivity index (χ0) is 52.9. The van der Waals surface area contributed by atoms with E-state index in [4.69, 9.17) is 6.57 Å². The van der Waals surface area contributed by atoms with Crippen LogP contribution in [0.15, 0.2) is 182 Å². The molecule has 370 valence electrons. The van der Waals surface area contributed by atoms with E-state index in [9.17, 15) is 0 Å². The zero-order valence-electron chi connectivity index (χ0n) is 43.8. The van der Waals surface area contributed by atoms with E-state index >= 15 is 13.2 Å². The highest BCUT2D eigenvalue weighted by Crippen LogP contribution is 2.48. The SMILES string of the molecule is [C-]#[N+]c1cccc(-c2c(-n3c4cc(-c5ccc(C)cc5C)ccc4c4ccc(-c5ccc(C)cc5C)cc43)cc(C(F)(F)F)cc2-n2c3cc(-c4ccc(C)cc4C)ccc3c3ccc(-c4ccc(C)cc4C)cc32)c1. The molecule has 0 aliphatic heterocycles. The summed E-state index contributed by atoms with van der Waals surface area (Å²) in [5, 5.41) is 3.62. The minimum absolute atomic E-state index is 0.341. The van der Waals surface area contributed by atoms with Crippen molar-refractivity contribution < 1.29 is 13.2 Å². The highest BCUT2D eigenvalue weighted by atomic mass is 19.4. The lowest BCUT2D eigenvalue weighted by molar-refractivity contribution is -0.137. The third-order valence-electron chi connectivity index (χ3n) is 15.5. The molecule has 0 radical (unpaired) electrons. The van der Waals surface area contributed by atoms with E-state index in [1.165, 1.54) is 12.1 Å². The molecule has 0 saturated heterocycles. The van der Waals surface area contributed by atoms with Crippen molar-refractivity contribution in [2.24, 2.45) is 0 Å². The molecule has 0 spiro atoms. The van der Waals surface area contributed by atoms with Gasteiger partial charge in [0.15, 0.2) is 5.69 Å². The van der Waals surface area contributed by atoms with Crippen LogP contribution >= 0.6 is 0 Å². The van der Waals surface area contributed by atoms with Gasteiger partial charge < -0.3 is 9.13 Å². The van der Waals surface area contributed by atoms with Crippen molar-refractivity contribution in [2.45, 2.75) is 61.6 Å².